The van der Waals surface area contributed by atoms with Gasteiger partial charge in [0.25, 0.3) is 0 Å². The first kappa shape index (κ1) is 16.1. The monoisotopic (exact) mass is 288 g/mol. The van der Waals surface area contributed by atoms with Gasteiger partial charge in [0, 0.05) is 30.8 Å². The minimum atomic E-state index is -2.90. The Hall–Kier alpha value is -0.920. The van der Waals surface area contributed by atoms with Gasteiger partial charge < -0.3 is 0 Å². The Bertz CT molecular complexity index is 522. The smallest absolute Gasteiger partial charge is 0.147 e. The largest absolute Gasteiger partial charge is 0.272 e. The van der Waals surface area contributed by atoms with Gasteiger partial charge in [0.15, 0.2) is 0 Å². The third kappa shape index (κ3) is 4.93. The predicted octanol–water partition coefficient (Wildman–Crippen LogP) is 0.236. The highest BCUT2D eigenvalue weighted by Gasteiger charge is 2.15. The maximum absolute atomic E-state index is 11.1. The zero-order valence-electron chi connectivity index (χ0n) is 12.1. The molecule has 0 radical (unpaired) electrons. The minimum Gasteiger partial charge on any atom is -0.272 e. The number of nitrogens with two attached hydrogens (primary N) is 1. The van der Waals surface area contributed by atoms with Crippen LogP contribution in [-0.2, 0) is 23.3 Å². The highest BCUT2D eigenvalue weighted by molar-refractivity contribution is 7.90. The van der Waals surface area contributed by atoms with Gasteiger partial charge in [-0.15, -0.1) is 0 Å². The zero-order valence-corrected chi connectivity index (χ0v) is 12.9. The summed E-state index contributed by atoms with van der Waals surface area (Å²) in [6.07, 6.45) is 3.38. The van der Waals surface area contributed by atoms with Gasteiger partial charge in [-0.1, -0.05) is 0 Å². The molecule has 0 spiro atoms. The minimum absolute atomic E-state index is 0.0725. The highest BCUT2D eigenvalue weighted by atomic mass is 32.2. The summed E-state index contributed by atoms with van der Waals surface area (Å²) in [4.78, 5) is 0. The van der Waals surface area contributed by atoms with Crippen molar-refractivity contribution in [3.63, 3.8) is 0 Å². The van der Waals surface area contributed by atoms with E-state index in [0.717, 1.165) is 24.2 Å². The topological polar surface area (TPSA) is 90.0 Å². The van der Waals surface area contributed by atoms with E-state index in [1.54, 1.807) is 0 Å². The lowest BCUT2D eigenvalue weighted by molar-refractivity contribution is 0.483. The lowest BCUT2D eigenvalue weighted by Crippen LogP contribution is -2.37. The average Bonchev–Trinajstić information content (AvgIpc) is 2.52. The van der Waals surface area contributed by atoms with Crippen LogP contribution in [0.2, 0.25) is 0 Å². The van der Waals surface area contributed by atoms with Crippen molar-refractivity contribution in [1.82, 2.24) is 15.2 Å². The highest BCUT2D eigenvalue weighted by Crippen LogP contribution is 2.16. The van der Waals surface area contributed by atoms with Gasteiger partial charge in [-0.3, -0.25) is 16.0 Å². The van der Waals surface area contributed by atoms with Crippen LogP contribution in [0.1, 0.15) is 29.8 Å². The number of hydrazine groups is 1. The van der Waals surface area contributed by atoms with E-state index < -0.39 is 9.84 Å². The van der Waals surface area contributed by atoms with Crippen LogP contribution < -0.4 is 11.3 Å². The molecule has 0 amide bonds. The van der Waals surface area contributed by atoms with E-state index in [2.05, 4.69) is 10.5 Å². The molecule has 7 heteroatoms. The summed E-state index contributed by atoms with van der Waals surface area (Å²) < 4.78 is 24.1. The summed E-state index contributed by atoms with van der Waals surface area (Å²) in [5.74, 6) is 5.76. The van der Waals surface area contributed by atoms with Gasteiger partial charge in [0.1, 0.15) is 9.84 Å². The second kappa shape index (κ2) is 6.49. The van der Waals surface area contributed by atoms with Crippen molar-refractivity contribution in [2.45, 2.75) is 39.2 Å². The molecule has 1 aromatic heterocycles. The maximum atomic E-state index is 11.1. The van der Waals surface area contributed by atoms with Crippen LogP contribution in [0.4, 0.5) is 0 Å². The number of nitrogens with zero attached hydrogens (tertiary/aromatic N) is 2. The molecule has 0 aliphatic carbocycles. The van der Waals surface area contributed by atoms with Gasteiger partial charge >= 0.3 is 0 Å². The molecule has 0 aromatic carbocycles. The first-order valence-electron chi connectivity index (χ1n) is 6.37. The van der Waals surface area contributed by atoms with Crippen molar-refractivity contribution < 1.29 is 8.42 Å². The fraction of sp³-hybridized carbons (Fsp3) is 0.750. The van der Waals surface area contributed by atoms with Crippen molar-refractivity contribution in [1.29, 1.82) is 0 Å². The summed E-state index contributed by atoms with van der Waals surface area (Å²) in [7, 11) is -0.981. The Balaban J connectivity index is 2.62. The van der Waals surface area contributed by atoms with E-state index in [4.69, 9.17) is 5.84 Å². The molecule has 110 valence electrons. The fourth-order valence-electron chi connectivity index (χ4n) is 2.20. The van der Waals surface area contributed by atoms with Crippen LogP contribution in [0.15, 0.2) is 0 Å². The van der Waals surface area contributed by atoms with Gasteiger partial charge in [-0.2, -0.15) is 5.10 Å². The summed E-state index contributed by atoms with van der Waals surface area (Å²) in [5.41, 5.74) is 6.08. The van der Waals surface area contributed by atoms with Crippen LogP contribution >= 0.6 is 0 Å². The zero-order chi connectivity index (χ0) is 14.6. The number of nitrogens with one attached hydrogen (secondary N) is 1. The number of aromatic nitrogens is 2. The third-order valence-corrected chi connectivity index (χ3v) is 4.44. The molecule has 1 aromatic rings. The molecule has 0 bridgehead atoms. The van der Waals surface area contributed by atoms with Crippen molar-refractivity contribution >= 4 is 9.84 Å². The molecule has 0 aliphatic heterocycles. The number of rotatable bonds is 7. The molecule has 1 atom stereocenters. The van der Waals surface area contributed by atoms with E-state index in [0.29, 0.717) is 6.42 Å². The standard InChI is InChI=1S/C12H24N4O2S/c1-9-12(10(2)16(3)15-9)8-11(14-13)6-5-7-19(4,17)18/h11,14H,5-8,13H2,1-4H3. The van der Waals surface area contributed by atoms with Crippen molar-refractivity contribution in [2.24, 2.45) is 12.9 Å². The van der Waals surface area contributed by atoms with Crippen molar-refractivity contribution in [3.8, 4) is 0 Å². The molecular formula is C12H24N4O2S. The van der Waals surface area contributed by atoms with Crippen molar-refractivity contribution in [3.05, 3.63) is 17.0 Å². The Morgan fingerprint density at radius 1 is 1.42 bits per heavy atom. The third-order valence-electron chi connectivity index (χ3n) is 3.41. The lowest BCUT2D eigenvalue weighted by Gasteiger charge is -2.15. The lowest BCUT2D eigenvalue weighted by atomic mass is 10.0. The van der Waals surface area contributed by atoms with E-state index in [9.17, 15) is 8.42 Å². The summed E-state index contributed by atoms with van der Waals surface area (Å²) in [6.45, 7) is 4.01. The number of hydrogen-bond donors (Lipinski definition) is 2. The first-order chi connectivity index (χ1) is 8.74. The summed E-state index contributed by atoms with van der Waals surface area (Å²) in [5, 5.41) is 4.37. The molecule has 0 saturated heterocycles. The molecule has 1 rings (SSSR count). The Morgan fingerprint density at radius 3 is 2.47 bits per heavy atom. The van der Waals surface area contributed by atoms with E-state index in [-0.39, 0.29) is 11.8 Å². The van der Waals surface area contributed by atoms with Gasteiger partial charge in [0.05, 0.1) is 5.69 Å². The molecule has 1 unspecified atom stereocenters. The fourth-order valence-corrected chi connectivity index (χ4v) is 2.89. The number of aryl methyl sites for hydroxylation is 2. The molecule has 0 saturated carbocycles. The van der Waals surface area contributed by atoms with E-state index in [1.165, 1.54) is 11.8 Å². The summed E-state index contributed by atoms with van der Waals surface area (Å²) >= 11 is 0. The molecular weight excluding hydrogens is 264 g/mol. The number of sulfone groups is 1. The molecule has 19 heavy (non-hydrogen) atoms. The van der Waals surface area contributed by atoms with Gasteiger partial charge in [-0.05, 0) is 38.7 Å². The van der Waals surface area contributed by atoms with Crippen LogP contribution in [-0.4, -0.2) is 36.2 Å². The Labute approximate surface area is 115 Å². The van der Waals surface area contributed by atoms with Crippen LogP contribution in [0.3, 0.4) is 0 Å². The second-order valence-corrected chi connectivity index (χ2v) is 7.37. The molecule has 6 nitrogen and oxygen atoms in total. The van der Waals surface area contributed by atoms with Crippen LogP contribution in [0, 0.1) is 13.8 Å². The van der Waals surface area contributed by atoms with Crippen molar-refractivity contribution in [2.75, 3.05) is 12.0 Å². The van der Waals surface area contributed by atoms with E-state index in [1.807, 2.05) is 25.6 Å². The van der Waals surface area contributed by atoms with Crippen LogP contribution in [0.5, 0.6) is 0 Å². The SMILES string of the molecule is Cc1nn(C)c(C)c1CC(CCCS(C)(=O)=O)NN. The van der Waals surface area contributed by atoms with Gasteiger partial charge in [0.2, 0.25) is 0 Å². The molecule has 0 fully saturated rings. The number of hydrogen-bond acceptors (Lipinski definition) is 5. The Morgan fingerprint density at radius 2 is 2.05 bits per heavy atom. The first-order valence-corrected chi connectivity index (χ1v) is 8.43. The molecule has 1 heterocycles. The maximum Gasteiger partial charge on any atom is 0.147 e. The normalized spacial score (nSPS) is 13.7. The average molecular weight is 288 g/mol. The van der Waals surface area contributed by atoms with E-state index >= 15 is 0 Å². The second-order valence-electron chi connectivity index (χ2n) is 5.11. The van der Waals surface area contributed by atoms with Gasteiger partial charge in [-0.25, -0.2) is 8.42 Å². The van der Waals surface area contributed by atoms with Crippen LogP contribution in [0.25, 0.3) is 0 Å². The summed E-state index contributed by atoms with van der Waals surface area (Å²) in [6, 6.07) is 0.0725. The Kier molecular flexibility index (Phi) is 5.51. The quantitative estimate of drug-likeness (QED) is 0.554. The predicted molar refractivity (Wildman–Crippen MR) is 76.4 cm³/mol. The molecule has 0 aliphatic rings. The molecule has 3 N–H and O–H groups in total.